The van der Waals surface area contributed by atoms with Crippen LogP contribution in [0.4, 0.5) is 0 Å². The lowest BCUT2D eigenvalue weighted by Gasteiger charge is -2.16. The Morgan fingerprint density at radius 2 is 2.45 bits per heavy atom. The largest absolute Gasteiger partial charge is 0.377 e. The quantitative estimate of drug-likeness (QED) is 0.541. The first-order chi connectivity index (χ1) is 5.24. The smallest absolute Gasteiger partial charge is 0.0359 e. The van der Waals surface area contributed by atoms with Crippen LogP contribution < -0.4 is 0 Å². The summed E-state index contributed by atoms with van der Waals surface area (Å²) in [7, 11) is 2.04. The number of allylic oxidation sites excluding steroid dienone is 4. The zero-order chi connectivity index (χ0) is 8.27. The molecule has 0 spiro atoms. The predicted molar refractivity (Wildman–Crippen MR) is 49.2 cm³/mol. The second-order valence-corrected chi connectivity index (χ2v) is 2.64. The van der Waals surface area contributed by atoms with Crippen LogP contribution in [-0.4, -0.2) is 18.5 Å². The van der Waals surface area contributed by atoms with Gasteiger partial charge in [-0.3, -0.25) is 0 Å². The number of rotatable bonds is 2. The molecule has 0 fully saturated rings. The summed E-state index contributed by atoms with van der Waals surface area (Å²) in [6.07, 6.45) is 8.02. The topological polar surface area (TPSA) is 3.24 Å². The Labute approximate surface area is 68.0 Å². The molecule has 0 saturated heterocycles. The number of hydrogen-bond donors (Lipinski definition) is 0. The van der Waals surface area contributed by atoms with Gasteiger partial charge in [-0.2, -0.15) is 0 Å². The van der Waals surface area contributed by atoms with E-state index in [2.05, 4.69) is 24.1 Å². The fourth-order valence-electron chi connectivity index (χ4n) is 0.935. The maximum Gasteiger partial charge on any atom is 0.0359 e. The summed E-state index contributed by atoms with van der Waals surface area (Å²) >= 11 is 0. The highest BCUT2D eigenvalue weighted by atomic mass is 15.1. The van der Waals surface area contributed by atoms with Crippen molar-refractivity contribution in [3.63, 3.8) is 0 Å². The van der Waals surface area contributed by atoms with Gasteiger partial charge >= 0.3 is 0 Å². The highest BCUT2D eigenvalue weighted by Gasteiger charge is 2.00. The first-order valence-corrected chi connectivity index (χ1v) is 3.64. The van der Waals surface area contributed by atoms with E-state index in [0.717, 1.165) is 12.1 Å². The summed E-state index contributed by atoms with van der Waals surface area (Å²) < 4.78 is 0. The van der Waals surface area contributed by atoms with Gasteiger partial charge in [-0.1, -0.05) is 25.3 Å². The molecule has 0 aromatic heterocycles. The van der Waals surface area contributed by atoms with Gasteiger partial charge in [0, 0.05) is 13.6 Å². The second-order valence-electron chi connectivity index (χ2n) is 2.64. The minimum atomic E-state index is 0.957. The van der Waals surface area contributed by atoms with Crippen LogP contribution in [0.3, 0.4) is 0 Å². The zero-order valence-electron chi connectivity index (χ0n) is 6.88. The average Bonchev–Trinajstić information content (AvgIpc) is 2.05. The predicted octanol–water partition coefficient (Wildman–Crippen LogP) is 2.11. The van der Waals surface area contributed by atoms with Gasteiger partial charge in [0.15, 0.2) is 0 Å². The van der Waals surface area contributed by atoms with Crippen LogP contribution in [0.2, 0.25) is 0 Å². The molecule has 0 saturated carbocycles. The molecule has 1 heteroatoms. The third kappa shape index (κ3) is 1.84. The molecule has 1 rings (SSSR count). The molecule has 0 aromatic carbocycles. The monoisotopic (exact) mass is 147 g/mol. The lowest BCUT2D eigenvalue weighted by Crippen LogP contribution is -2.13. The molecular weight excluding hydrogens is 134 g/mol. The molecule has 0 radical (unpaired) electrons. The van der Waals surface area contributed by atoms with E-state index in [-0.39, 0.29) is 0 Å². The second kappa shape index (κ2) is 3.24. The van der Waals surface area contributed by atoms with Crippen LogP contribution in [0.5, 0.6) is 0 Å². The first-order valence-electron chi connectivity index (χ1n) is 3.64. The maximum absolute atomic E-state index is 3.87. The highest BCUT2D eigenvalue weighted by Crippen LogP contribution is 2.13. The van der Waals surface area contributed by atoms with Crippen LogP contribution in [0.15, 0.2) is 48.7 Å². The first kappa shape index (κ1) is 7.86. The van der Waals surface area contributed by atoms with Crippen molar-refractivity contribution in [2.45, 2.75) is 0 Å². The molecule has 0 aliphatic carbocycles. The summed E-state index contributed by atoms with van der Waals surface area (Å²) in [5, 5.41) is 0. The Morgan fingerprint density at radius 1 is 1.73 bits per heavy atom. The maximum atomic E-state index is 3.87. The molecule has 1 heterocycles. The van der Waals surface area contributed by atoms with Crippen LogP contribution in [0.1, 0.15) is 0 Å². The van der Waals surface area contributed by atoms with E-state index in [1.807, 2.05) is 19.3 Å². The standard InChI is InChI=1S/C10H13N/c1-4-9(2)10-5-7-11(3)8-6-10/h4-7H,1-2,8H2,3H3. The van der Waals surface area contributed by atoms with Crippen LogP contribution in [-0.2, 0) is 0 Å². The van der Waals surface area contributed by atoms with Crippen LogP contribution >= 0.6 is 0 Å². The molecule has 11 heavy (non-hydrogen) atoms. The fourth-order valence-corrected chi connectivity index (χ4v) is 0.935. The van der Waals surface area contributed by atoms with Crippen molar-refractivity contribution in [2.24, 2.45) is 0 Å². The Kier molecular flexibility index (Phi) is 2.32. The van der Waals surface area contributed by atoms with Gasteiger partial charge in [-0.15, -0.1) is 0 Å². The molecular formula is C10H13N. The number of likely N-dealkylation sites (N-methyl/N-ethyl adjacent to an activating group) is 1. The average molecular weight is 147 g/mol. The Hall–Kier alpha value is -1.24. The van der Waals surface area contributed by atoms with E-state index in [4.69, 9.17) is 0 Å². The number of nitrogens with zero attached hydrogens (tertiary/aromatic N) is 1. The molecule has 0 N–H and O–H groups in total. The van der Waals surface area contributed by atoms with Crippen molar-refractivity contribution in [1.82, 2.24) is 4.90 Å². The van der Waals surface area contributed by atoms with E-state index in [1.54, 1.807) is 6.08 Å². The SMILES string of the molecule is C=CC(=C)C1=CCN(C)C=C1. The normalized spacial score (nSPS) is 16.1. The van der Waals surface area contributed by atoms with Crippen molar-refractivity contribution in [2.75, 3.05) is 13.6 Å². The van der Waals surface area contributed by atoms with Crippen molar-refractivity contribution in [3.8, 4) is 0 Å². The molecule has 0 atom stereocenters. The summed E-state index contributed by atoms with van der Waals surface area (Å²) in [6, 6.07) is 0. The molecule has 0 bridgehead atoms. The van der Waals surface area contributed by atoms with Crippen LogP contribution in [0.25, 0.3) is 0 Å². The summed E-state index contributed by atoms with van der Waals surface area (Å²) in [6.45, 7) is 8.49. The summed E-state index contributed by atoms with van der Waals surface area (Å²) in [5.41, 5.74) is 2.17. The van der Waals surface area contributed by atoms with Gasteiger partial charge in [0.25, 0.3) is 0 Å². The molecule has 0 amide bonds. The van der Waals surface area contributed by atoms with E-state index in [9.17, 15) is 0 Å². The minimum absolute atomic E-state index is 0.957. The molecule has 58 valence electrons. The Bertz CT molecular complexity index is 233. The minimum Gasteiger partial charge on any atom is -0.377 e. The van der Waals surface area contributed by atoms with Gasteiger partial charge in [-0.05, 0) is 23.4 Å². The molecule has 0 unspecified atom stereocenters. The summed E-state index contributed by atoms with van der Waals surface area (Å²) in [5.74, 6) is 0. The number of hydrogen-bond acceptors (Lipinski definition) is 1. The Morgan fingerprint density at radius 3 is 2.91 bits per heavy atom. The molecule has 1 aliphatic rings. The molecule has 1 aliphatic heterocycles. The fraction of sp³-hybridized carbons (Fsp3) is 0.200. The van der Waals surface area contributed by atoms with Gasteiger partial charge < -0.3 is 4.90 Å². The lowest BCUT2D eigenvalue weighted by molar-refractivity contribution is 0.503. The molecule has 1 nitrogen and oxygen atoms in total. The van der Waals surface area contributed by atoms with Gasteiger partial charge in [0.2, 0.25) is 0 Å². The van der Waals surface area contributed by atoms with Gasteiger partial charge in [0.1, 0.15) is 0 Å². The summed E-state index contributed by atoms with van der Waals surface area (Å²) in [4.78, 5) is 2.11. The Balaban J connectivity index is 2.70. The van der Waals surface area contributed by atoms with Crippen molar-refractivity contribution in [1.29, 1.82) is 0 Å². The van der Waals surface area contributed by atoms with E-state index < -0.39 is 0 Å². The van der Waals surface area contributed by atoms with Gasteiger partial charge in [0.05, 0.1) is 0 Å². The van der Waals surface area contributed by atoms with Crippen molar-refractivity contribution in [3.05, 3.63) is 48.7 Å². The van der Waals surface area contributed by atoms with Gasteiger partial charge in [-0.25, -0.2) is 0 Å². The van der Waals surface area contributed by atoms with E-state index in [1.165, 1.54) is 5.57 Å². The third-order valence-electron chi connectivity index (χ3n) is 1.72. The lowest BCUT2D eigenvalue weighted by atomic mass is 10.1. The third-order valence-corrected chi connectivity index (χ3v) is 1.72. The van der Waals surface area contributed by atoms with E-state index in [0.29, 0.717) is 0 Å². The van der Waals surface area contributed by atoms with Crippen LogP contribution in [0, 0.1) is 0 Å². The van der Waals surface area contributed by atoms with E-state index >= 15 is 0 Å². The van der Waals surface area contributed by atoms with Crippen molar-refractivity contribution >= 4 is 0 Å². The highest BCUT2D eigenvalue weighted by molar-refractivity contribution is 5.44. The van der Waals surface area contributed by atoms with Crippen molar-refractivity contribution < 1.29 is 0 Å². The zero-order valence-corrected chi connectivity index (χ0v) is 6.88. The molecule has 0 aromatic rings.